The van der Waals surface area contributed by atoms with Crippen LogP contribution >= 0.6 is 15.9 Å². The van der Waals surface area contributed by atoms with Crippen LogP contribution in [-0.4, -0.2) is 17.6 Å². The maximum Gasteiger partial charge on any atom is 0.128 e. The van der Waals surface area contributed by atoms with E-state index in [1.165, 1.54) is 24.8 Å². The van der Waals surface area contributed by atoms with Gasteiger partial charge in [-0.15, -0.1) is 0 Å². The van der Waals surface area contributed by atoms with E-state index < -0.39 is 0 Å². The fourth-order valence-electron chi connectivity index (χ4n) is 1.84. The SMILES string of the molecule is CCCCCN(c1ccc(CBr)cn1)C(C)C. The summed E-state index contributed by atoms with van der Waals surface area (Å²) in [6.07, 6.45) is 5.76. The predicted octanol–water partition coefficient (Wildman–Crippen LogP) is 4.38. The molecule has 0 saturated carbocycles. The fraction of sp³-hybridized carbons (Fsp3) is 0.643. The summed E-state index contributed by atoms with van der Waals surface area (Å²) in [6.45, 7) is 7.80. The van der Waals surface area contributed by atoms with Gasteiger partial charge in [0.2, 0.25) is 0 Å². The molecule has 0 unspecified atom stereocenters. The van der Waals surface area contributed by atoms with E-state index in [1.54, 1.807) is 0 Å². The first-order valence-corrected chi connectivity index (χ1v) is 7.58. The van der Waals surface area contributed by atoms with E-state index in [2.05, 4.69) is 58.7 Å². The minimum Gasteiger partial charge on any atom is -0.354 e. The van der Waals surface area contributed by atoms with Gasteiger partial charge >= 0.3 is 0 Å². The van der Waals surface area contributed by atoms with Gasteiger partial charge in [-0.05, 0) is 31.9 Å². The highest BCUT2D eigenvalue weighted by molar-refractivity contribution is 9.08. The molecule has 1 aromatic rings. The van der Waals surface area contributed by atoms with Gasteiger partial charge in [0, 0.05) is 24.1 Å². The zero-order valence-electron chi connectivity index (χ0n) is 11.1. The second kappa shape index (κ2) is 7.70. The number of hydrogen-bond acceptors (Lipinski definition) is 2. The average Bonchev–Trinajstić information content (AvgIpc) is 2.34. The van der Waals surface area contributed by atoms with Crippen LogP contribution in [0.25, 0.3) is 0 Å². The lowest BCUT2D eigenvalue weighted by molar-refractivity contribution is 0.620. The van der Waals surface area contributed by atoms with E-state index in [4.69, 9.17) is 0 Å². The van der Waals surface area contributed by atoms with Crippen LogP contribution in [0.4, 0.5) is 5.82 Å². The van der Waals surface area contributed by atoms with E-state index in [-0.39, 0.29) is 0 Å². The number of nitrogens with zero attached hydrogens (tertiary/aromatic N) is 2. The smallest absolute Gasteiger partial charge is 0.128 e. The zero-order valence-corrected chi connectivity index (χ0v) is 12.7. The largest absolute Gasteiger partial charge is 0.354 e. The van der Waals surface area contributed by atoms with Crippen LogP contribution in [-0.2, 0) is 5.33 Å². The Labute approximate surface area is 114 Å². The van der Waals surface area contributed by atoms with Crippen molar-refractivity contribution in [3.63, 3.8) is 0 Å². The third-order valence-corrected chi connectivity index (χ3v) is 3.53. The van der Waals surface area contributed by atoms with Gasteiger partial charge in [-0.1, -0.05) is 41.8 Å². The summed E-state index contributed by atoms with van der Waals surface area (Å²) < 4.78 is 0. The lowest BCUT2D eigenvalue weighted by Crippen LogP contribution is -2.32. The van der Waals surface area contributed by atoms with Crippen molar-refractivity contribution in [2.75, 3.05) is 11.4 Å². The second-order valence-corrected chi connectivity index (χ2v) is 5.21. The minimum absolute atomic E-state index is 0.508. The molecule has 17 heavy (non-hydrogen) atoms. The Kier molecular flexibility index (Phi) is 6.56. The van der Waals surface area contributed by atoms with Gasteiger partial charge in [-0.3, -0.25) is 0 Å². The molecule has 1 heterocycles. The van der Waals surface area contributed by atoms with Gasteiger partial charge in [0.25, 0.3) is 0 Å². The Morgan fingerprint density at radius 2 is 2.06 bits per heavy atom. The van der Waals surface area contributed by atoms with Gasteiger partial charge in [-0.25, -0.2) is 4.98 Å². The van der Waals surface area contributed by atoms with Crippen molar-refractivity contribution in [1.82, 2.24) is 4.98 Å². The number of pyridine rings is 1. The van der Waals surface area contributed by atoms with E-state index in [9.17, 15) is 0 Å². The number of rotatable bonds is 7. The molecule has 0 N–H and O–H groups in total. The predicted molar refractivity (Wildman–Crippen MR) is 78.9 cm³/mol. The lowest BCUT2D eigenvalue weighted by Gasteiger charge is -2.28. The van der Waals surface area contributed by atoms with E-state index >= 15 is 0 Å². The molecule has 2 nitrogen and oxygen atoms in total. The average molecular weight is 299 g/mol. The molecule has 0 amide bonds. The highest BCUT2D eigenvalue weighted by Crippen LogP contribution is 2.16. The molecular weight excluding hydrogens is 276 g/mol. The lowest BCUT2D eigenvalue weighted by atomic mass is 10.2. The summed E-state index contributed by atoms with van der Waals surface area (Å²) in [5, 5.41) is 0.873. The summed E-state index contributed by atoms with van der Waals surface area (Å²) in [6, 6.07) is 4.78. The van der Waals surface area contributed by atoms with Crippen LogP contribution in [0.2, 0.25) is 0 Å². The van der Waals surface area contributed by atoms with E-state index in [1.807, 2.05) is 6.20 Å². The van der Waals surface area contributed by atoms with Crippen molar-refractivity contribution >= 4 is 21.7 Å². The number of unbranched alkanes of at least 4 members (excludes halogenated alkanes) is 2. The molecule has 1 rings (SSSR count). The summed E-state index contributed by atoms with van der Waals surface area (Å²) >= 11 is 3.45. The number of halogens is 1. The molecular formula is C14H23BrN2. The molecule has 1 aromatic heterocycles. The molecule has 0 fully saturated rings. The summed E-state index contributed by atoms with van der Waals surface area (Å²) in [5.74, 6) is 1.10. The first-order chi connectivity index (χ1) is 8.19. The van der Waals surface area contributed by atoms with Crippen molar-refractivity contribution in [2.45, 2.75) is 51.4 Å². The molecule has 0 aliphatic rings. The zero-order chi connectivity index (χ0) is 12.7. The van der Waals surface area contributed by atoms with Crippen LogP contribution in [0.3, 0.4) is 0 Å². The van der Waals surface area contributed by atoms with Gasteiger partial charge in [-0.2, -0.15) is 0 Å². The normalized spacial score (nSPS) is 10.9. The molecule has 96 valence electrons. The van der Waals surface area contributed by atoms with Crippen molar-refractivity contribution in [1.29, 1.82) is 0 Å². The first-order valence-electron chi connectivity index (χ1n) is 6.46. The Hall–Kier alpha value is -0.570. The Morgan fingerprint density at radius 3 is 2.53 bits per heavy atom. The fourth-order valence-corrected chi connectivity index (χ4v) is 2.17. The first kappa shape index (κ1) is 14.5. The highest BCUT2D eigenvalue weighted by Gasteiger charge is 2.10. The van der Waals surface area contributed by atoms with E-state index in [0.29, 0.717) is 6.04 Å². The number of alkyl halides is 1. The van der Waals surface area contributed by atoms with Crippen molar-refractivity contribution in [2.24, 2.45) is 0 Å². The third-order valence-electron chi connectivity index (χ3n) is 2.88. The topological polar surface area (TPSA) is 16.1 Å². The van der Waals surface area contributed by atoms with Crippen LogP contribution in [0.1, 0.15) is 45.6 Å². The maximum absolute atomic E-state index is 4.55. The van der Waals surface area contributed by atoms with Gasteiger partial charge in [0.1, 0.15) is 5.82 Å². The third kappa shape index (κ3) is 4.66. The monoisotopic (exact) mass is 298 g/mol. The van der Waals surface area contributed by atoms with Crippen LogP contribution < -0.4 is 4.90 Å². The molecule has 3 heteroatoms. The van der Waals surface area contributed by atoms with Gasteiger partial charge < -0.3 is 4.90 Å². The molecule has 0 aliphatic heterocycles. The molecule has 0 aliphatic carbocycles. The molecule has 0 radical (unpaired) electrons. The Balaban J connectivity index is 2.68. The number of aromatic nitrogens is 1. The van der Waals surface area contributed by atoms with Gasteiger partial charge in [0.15, 0.2) is 0 Å². The summed E-state index contributed by atoms with van der Waals surface area (Å²) in [4.78, 5) is 6.93. The van der Waals surface area contributed by atoms with Crippen molar-refractivity contribution < 1.29 is 0 Å². The van der Waals surface area contributed by atoms with Gasteiger partial charge in [0.05, 0.1) is 0 Å². The summed E-state index contributed by atoms with van der Waals surface area (Å²) in [7, 11) is 0. The van der Waals surface area contributed by atoms with Crippen LogP contribution in [0.15, 0.2) is 18.3 Å². The maximum atomic E-state index is 4.55. The Bertz CT molecular complexity index is 309. The quantitative estimate of drug-likeness (QED) is 0.548. The standard InChI is InChI=1S/C14H23BrN2/c1-4-5-6-9-17(12(2)3)14-8-7-13(10-15)11-16-14/h7-8,11-12H,4-6,9-10H2,1-3H3. The second-order valence-electron chi connectivity index (χ2n) is 4.65. The molecule has 0 atom stereocenters. The highest BCUT2D eigenvalue weighted by atomic mass is 79.9. The Morgan fingerprint density at radius 1 is 1.29 bits per heavy atom. The molecule has 0 bridgehead atoms. The van der Waals surface area contributed by atoms with Crippen molar-refractivity contribution in [3.8, 4) is 0 Å². The van der Waals surface area contributed by atoms with E-state index in [0.717, 1.165) is 17.7 Å². The van der Waals surface area contributed by atoms with Crippen LogP contribution in [0.5, 0.6) is 0 Å². The minimum atomic E-state index is 0.508. The number of anilines is 1. The summed E-state index contributed by atoms with van der Waals surface area (Å²) in [5.41, 5.74) is 1.23. The molecule has 0 spiro atoms. The molecule has 0 saturated heterocycles. The number of hydrogen-bond donors (Lipinski definition) is 0. The van der Waals surface area contributed by atoms with Crippen molar-refractivity contribution in [3.05, 3.63) is 23.9 Å². The molecule has 0 aromatic carbocycles. The van der Waals surface area contributed by atoms with Crippen LogP contribution in [0, 0.1) is 0 Å².